The molecular weight excluding hydrogens is 407 g/mol. The second-order valence-electron chi connectivity index (χ2n) is 4.37. The van der Waals surface area contributed by atoms with Gasteiger partial charge in [-0.2, -0.15) is 0 Å². The van der Waals surface area contributed by atoms with E-state index in [0.29, 0.717) is 17.7 Å². The molecule has 7 nitrogen and oxygen atoms in total. The Morgan fingerprint density at radius 3 is 2.16 bits per heavy atom. The maximum atomic E-state index is 11.5. The summed E-state index contributed by atoms with van der Waals surface area (Å²) in [7, 11) is -8.30. The van der Waals surface area contributed by atoms with Crippen molar-refractivity contribution in [2.75, 3.05) is 13.6 Å². The molecule has 0 aromatic rings. The number of allylic oxidation sites excluding steroid dienone is 3. The average molecular weight is 421 g/mol. The Hall–Kier alpha value is 0.0500. The summed E-state index contributed by atoms with van der Waals surface area (Å²) in [6, 6.07) is 0. The predicted octanol–water partition coefficient (Wildman–Crippen LogP) is 0.982. The molecule has 10 heteroatoms. The van der Waals surface area contributed by atoms with Crippen LogP contribution in [0.15, 0.2) is 35.6 Å². The van der Waals surface area contributed by atoms with Crippen molar-refractivity contribution in [1.82, 2.24) is 4.90 Å². The Bertz CT molecular complexity index is 549. The zero-order valence-corrected chi connectivity index (χ0v) is 14.0. The van der Waals surface area contributed by atoms with Crippen LogP contribution in [0.25, 0.3) is 0 Å². The summed E-state index contributed by atoms with van der Waals surface area (Å²) in [6.45, 7) is 0.351. The van der Waals surface area contributed by atoms with Gasteiger partial charge >= 0.3 is 15.2 Å². The van der Waals surface area contributed by atoms with E-state index in [0.717, 1.165) is 12.2 Å². The van der Waals surface area contributed by atoms with Crippen molar-refractivity contribution in [2.24, 2.45) is 0 Å². The smallest absolute Gasteiger partial charge is 0.351 e. The molecular formula is C9H14INO6P2. The molecule has 108 valence electrons. The number of hydrogen-bond acceptors (Lipinski definition) is 3. The lowest BCUT2D eigenvalue weighted by atomic mass is 10.1. The zero-order valence-electron chi connectivity index (χ0n) is 9.87. The van der Waals surface area contributed by atoms with Gasteiger partial charge in [-0.15, -0.1) is 24.0 Å². The maximum Gasteiger partial charge on any atom is 0.351 e. The minimum atomic E-state index is -5.03. The topological polar surface area (TPSA) is 118 Å². The van der Waals surface area contributed by atoms with Gasteiger partial charge < -0.3 is 24.5 Å². The molecule has 0 bridgehead atoms. The number of halogens is 1. The van der Waals surface area contributed by atoms with Crippen LogP contribution >= 0.6 is 39.2 Å². The summed E-state index contributed by atoms with van der Waals surface area (Å²) in [4.78, 5) is 36.5. The fourth-order valence-corrected chi connectivity index (χ4v) is 4.65. The SMILES string of the molecule is CN1C=CC2=CC(P(=O)(O)O)(P(=O)(O)O)C=C2C1.I. The molecule has 0 spiro atoms. The molecule has 2 aliphatic rings. The van der Waals surface area contributed by atoms with Gasteiger partial charge in [0.25, 0.3) is 0 Å². The third kappa shape index (κ3) is 2.76. The molecule has 0 unspecified atom stereocenters. The van der Waals surface area contributed by atoms with Crippen LogP contribution in [0.1, 0.15) is 0 Å². The molecule has 1 heterocycles. The minimum Gasteiger partial charge on any atom is -0.376 e. The molecule has 0 atom stereocenters. The van der Waals surface area contributed by atoms with E-state index < -0.39 is 20.1 Å². The fourth-order valence-electron chi connectivity index (χ4n) is 2.03. The number of hydrogen-bond donors (Lipinski definition) is 4. The standard InChI is InChI=1S/C9H13NO6P2.HI/c1-10-3-2-7-4-9(17(11,12)13,18(14,15)16)5-8(7)6-10;/h2-5H,6H2,1H3,(H2,11,12,13)(H2,14,15,16);1H. The van der Waals surface area contributed by atoms with Gasteiger partial charge in [0, 0.05) is 13.6 Å². The van der Waals surface area contributed by atoms with Crippen molar-refractivity contribution in [2.45, 2.75) is 4.90 Å². The molecule has 0 radical (unpaired) electrons. The van der Waals surface area contributed by atoms with E-state index in [-0.39, 0.29) is 24.0 Å². The molecule has 2 rings (SSSR count). The van der Waals surface area contributed by atoms with Crippen molar-refractivity contribution in [3.05, 3.63) is 35.6 Å². The number of nitrogens with zero attached hydrogens (tertiary/aromatic N) is 1. The largest absolute Gasteiger partial charge is 0.376 e. The minimum absolute atomic E-state index is 0. The van der Waals surface area contributed by atoms with E-state index in [1.54, 1.807) is 24.2 Å². The molecule has 0 saturated heterocycles. The first-order chi connectivity index (χ1) is 8.07. The average Bonchev–Trinajstić information content (AvgIpc) is 2.55. The number of fused-ring (bicyclic) bond motifs is 1. The van der Waals surface area contributed by atoms with Crippen molar-refractivity contribution >= 4 is 39.2 Å². The Labute approximate surface area is 127 Å². The van der Waals surface area contributed by atoms with E-state index in [4.69, 9.17) is 0 Å². The summed E-state index contributed by atoms with van der Waals surface area (Å²) in [5, 5.41) is 0. The van der Waals surface area contributed by atoms with Crippen LogP contribution in [0.2, 0.25) is 0 Å². The Morgan fingerprint density at radius 2 is 1.68 bits per heavy atom. The van der Waals surface area contributed by atoms with Crippen LogP contribution in [-0.4, -0.2) is 43.0 Å². The van der Waals surface area contributed by atoms with Gasteiger partial charge in [0.05, 0.1) is 0 Å². The van der Waals surface area contributed by atoms with Gasteiger partial charge in [-0.3, -0.25) is 9.13 Å². The van der Waals surface area contributed by atoms with Crippen molar-refractivity contribution in [1.29, 1.82) is 0 Å². The second kappa shape index (κ2) is 5.11. The van der Waals surface area contributed by atoms with Gasteiger partial charge in [-0.25, -0.2) is 0 Å². The molecule has 1 aliphatic carbocycles. The molecule has 0 aromatic heterocycles. The first-order valence-electron chi connectivity index (χ1n) is 5.01. The van der Waals surface area contributed by atoms with Crippen molar-refractivity contribution in [3.63, 3.8) is 0 Å². The number of likely N-dealkylation sites (N-methyl/N-ethyl adjacent to an activating group) is 1. The summed E-state index contributed by atoms with van der Waals surface area (Å²) in [6.07, 6.45) is 5.23. The molecule has 0 fully saturated rings. The van der Waals surface area contributed by atoms with E-state index in [1.807, 2.05) is 0 Å². The van der Waals surface area contributed by atoms with E-state index in [1.165, 1.54) is 0 Å². The third-order valence-electron chi connectivity index (χ3n) is 2.99. The lowest BCUT2D eigenvalue weighted by molar-refractivity contribution is 0.333. The third-order valence-corrected chi connectivity index (χ3v) is 6.93. The Balaban J connectivity index is 0.00000180. The van der Waals surface area contributed by atoms with E-state index in [9.17, 15) is 28.7 Å². The van der Waals surface area contributed by atoms with Crippen LogP contribution in [0, 0.1) is 0 Å². The van der Waals surface area contributed by atoms with Gasteiger partial charge in [0.15, 0.2) is 0 Å². The molecule has 0 saturated carbocycles. The molecule has 1 aliphatic heterocycles. The summed E-state index contributed by atoms with van der Waals surface area (Å²) >= 11 is 0. The van der Waals surface area contributed by atoms with Gasteiger partial charge in [0.1, 0.15) is 0 Å². The first-order valence-corrected chi connectivity index (χ1v) is 8.24. The highest BCUT2D eigenvalue weighted by Crippen LogP contribution is 2.72. The monoisotopic (exact) mass is 421 g/mol. The highest BCUT2D eigenvalue weighted by atomic mass is 127. The van der Waals surface area contributed by atoms with Crippen LogP contribution in [0.3, 0.4) is 0 Å². The molecule has 0 aromatic carbocycles. The second-order valence-corrected chi connectivity index (χ2v) is 8.38. The first kappa shape index (κ1) is 17.1. The highest BCUT2D eigenvalue weighted by Gasteiger charge is 2.59. The Kier molecular flexibility index (Phi) is 4.60. The van der Waals surface area contributed by atoms with Crippen LogP contribution in [-0.2, 0) is 9.13 Å². The van der Waals surface area contributed by atoms with Gasteiger partial charge in [0.2, 0.25) is 4.90 Å². The van der Waals surface area contributed by atoms with E-state index in [2.05, 4.69) is 0 Å². The lowest BCUT2D eigenvalue weighted by Gasteiger charge is -2.27. The lowest BCUT2D eigenvalue weighted by Crippen LogP contribution is -2.22. The number of rotatable bonds is 2. The van der Waals surface area contributed by atoms with E-state index >= 15 is 0 Å². The fraction of sp³-hybridized carbons (Fsp3) is 0.333. The van der Waals surface area contributed by atoms with Gasteiger partial charge in [-0.1, -0.05) is 0 Å². The maximum absolute atomic E-state index is 11.5. The quantitative estimate of drug-likeness (QED) is 0.388. The predicted molar refractivity (Wildman–Crippen MR) is 80.2 cm³/mol. The molecule has 4 N–H and O–H groups in total. The van der Waals surface area contributed by atoms with Gasteiger partial charge in [-0.05, 0) is 35.6 Å². The van der Waals surface area contributed by atoms with Crippen LogP contribution in [0.4, 0.5) is 0 Å². The highest BCUT2D eigenvalue weighted by molar-refractivity contribution is 14.0. The summed E-state index contributed by atoms with van der Waals surface area (Å²) < 4.78 is 23.0. The zero-order chi connectivity index (χ0) is 13.8. The molecule has 19 heavy (non-hydrogen) atoms. The summed E-state index contributed by atoms with van der Waals surface area (Å²) in [5.41, 5.74) is 0.950. The summed E-state index contributed by atoms with van der Waals surface area (Å²) in [5.74, 6) is 0. The van der Waals surface area contributed by atoms with Crippen molar-refractivity contribution in [3.8, 4) is 0 Å². The Morgan fingerprint density at radius 1 is 1.16 bits per heavy atom. The molecule has 0 amide bonds. The van der Waals surface area contributed by atoms with Crippen LogP contribution < -0.4 is 0 Å². The van der Waals surface area contributed by atoms with Crippen LogP contribution in [0.5, 0.6) is 0 Å². The van der Waals surface area contributed by atoms with Crippen molar-refractivity contribution < 1.29 is 28.7 Å². The normalized spacial score (nSPS) is 21.4.